The van der Waals surface area contributed by atoms with Gasteiger partial charge in [0.05, 0.1) is 7.11 Å². The van der Waals surface area contributed by atoms with Gasteiger partial charge < -0.3 is 10.5 Å². The van der Waals surface area contributed by atoms with E-state index in [1.165, 1.54) is 5.56 Å². The van der Waals surface area contributed by atoms with Gasteiger partial charge in [0, 0.05) is 12.0 Å². The largest absolute Gasteiger partial charge is 0.497 e. The van der Waals surface area contributed by atoms with Crippen LogP contribution in [0, 0.1) is 0 Å². The van der Waals surface area contributed by atoms with Crippen molar-refractivity contribution in [3.8, 4) is 5.75 Å². The highest BCUT2D eigenvalue weighted by atomic mass is 16.5. The Bertz CT molecular complexity index is 268. The van der Waals surface area contributed by atoms with Gasteiger partial charge in [0.1, 0.15) is 5.75 Å². The molecule has 1 saturated carbocycles. The number of hydrogen-bond donors (Lipinski definition) is 1. The van der Waals surface area contributed by atoms with Crippen LogP contribution in [0.1, 0.15) is 17.9 Å². The third-order valence-electron chi connectivity index (χ3n) is 2.38. The van der Waals surface area contributed by atoms with Gasteiger partial charge in [-0.2, -0.15) is 0 Å². The lowest BCUT2D eigenvalue weighted by atomic mass is 10.1. The van der Waals surface area contributed by atoms with Crippen molar-refractivity contribution < 1.29 is 4.74 Å². The van der Waals surface area contributed by atoms with Crippen LogP contribution < -0.4 is 10.5 Å². The van der Waals surface area contributed by atoms with Crippen molar-refractivity contribution in [2.24, 2.45) is 5.73 Å². The predicted molar refractivity (Wildman–Crippen MR) is 48.3 cm³/mol. The fourth-order valence-corrected chi connectivity index (χ4v) is 1.45. The van der Waals surface area contributed by atoms with Crippen LogP contribution >= 0.6 is 0 Å². The molecule has 2 N–H and O–H groups in total. The van der Waals surface area contributed by atoms with E-state index in [0.717, 1.165) is 12.2 Å². The fourth-order valence-electron chi connectivity index (χ4n) is 1.45. The molecule has 2 heteroatoms. The van der Waals surface area contributed by atoms with Crippen molar-refractivity contribution in [3.05, 3.63) is 29.8 Å². The maximum absolute atomic E-state index is 5.74. The maximum Gasteiger partial charge on any atom is 0.118 e. The van der Waals surface area contributed by atoms with E-state index in [1.54, 1.807) is 7.11 Å². The lowest BCUT2D eigenvalue weighted by Crippen LogP contribution is -2.00. The summed E-state index contributed by atoms with van der Waals surface area (Å²) < 4.78 is 5.06. The second-order valence-electron chi connectivity index (χ2n) is 3.28. The molecule has 1 unspecified atom stereocenters. The van der Waals surface area contributed by atoms with Crippen LogP contribution in [0.4, 0.5) is 0 Å². The van der Waals surface area contributed by atoms with Crippen LogP contribution in [-0.2, 0) is 0 Å². The summed E-state index contributed by atoms with van der Waals surface area (Å²) in [5.74, 6) is 1.50. The van der Waals surface area contributed by atoms with Crippen LogP contribution in [0.5, 0.6) is 5.75 Å². The standard InChI is InChI=1S/C10H13NO/c1-12-8-4-2-7(3-5-8)9-6-10(9)11/h2-5,9-10H,6,11H2,1H3/t9?,10-/m1/s1. The fraction of sp³-hybridized carbons (Fsp3) is 0.400. The number of nitrogens with two attached hydrogens (primary N) is 1. The summed E-state index contributed by atoms with van der Waals surface area (Å²) in [6.45, 7) is 0. The molecule has 0 amide bonds. The number of ether oxygens (including phenoxy) is 1. The first kappa shape index (κ1) is 7.62. The van der Waals surface area contributed by atoms with Gasteiger partial charge in [0.15, 0.2) is 0 Å². The molecule has 1 aromatic rings. The second-order valence-corrected chi connectivity index (χ2v) is 3.28. The van der Waals surface area contributed by atoms with E-state index in [1.807, 2.05) is 12.1 Å². The number of benzene rings is 1. The lowest BCUT2D eigenvalue weighted by molar-refractivity contribution is 0.414. The average molecular weight is 163 g/mol. The zero-order valence-electron chi connectivity index (χ0n) is 7.16. The number of methoxy groups -OCH3 is 1. The Morgan fingerprint density at radius 3 is 2.33 bits per heavy atom. The van der Waals surface area contributed by atoms with Crippen LogP contribution in [0.2, 0.25) is 0 Å². The second kappa shape index (κ2) is 2.79. The van der Waals surface area contributed by atoms with Gasteiger partial charge in [-0.1, -0.05) is 12.1 Å². The molecule has 0 heterocycles. The molecule has 1 aromatic carbocycles. The van der Waals surface area contributed by atoms with Crippen LogP contribution in [0.15, 0.2) is 24.3 Å². The van der Waals surface area contributed by atoms with Gasteiger partial charge in [0.25, 0.3) is 0 Å². The first-order valence-electron chi connectivity index (χ1n) is 4.21. The highest BCUT2D eigenvalue weighted by molar-refractivity contribution is 5.33. The number of rotatable bonds is 2. The molecule has 12 heavy (non-hydrogen) atoms. The van der Waals surface area contributed by atoms with Gasteiger partial charge in [0.2, 0.25) is 0 Å². The quantitative estimate of drug-likeness (QED) is 0.717. The molecule has 2 rings (SSSR count). The zero-order chi connectivity index (χ0) is 8.55. The Labute approximate surface area is 72.3 Å². The molecule has 64 valence electrons. The average Bonchev–Trinajstić information content (AvgIpc) is 2.83. The van der Waals surface area contributed by atoms with Crippen molar-refractivity contribution in [2.45, 2.75) is 18.4 Å². The highest BCUT2D eigenvalue weighted by Gasteiger charge is 2.34. The Hall–Kier alpha value is -1.02. The smallest absolute Gasteiger partial charge is 0.118 e. The Morgan fingerprint density at radius 2 is 1.92 bits per heavy atom. The van der Waals surface area contributed by atoms with E-state index in [-0.39, 0.29) is 0 Å². The van der Waals surface area contributed by atoms with Crippen molar-refractivity contribution in [1.29, 1.82) is 0 Å². The van der Waals surface area contributed by atoms with E-state index in [4.69, 9.17) is 10.5 Å². The summed E-state index contributed by atoms with van der Waals surface area (Å²) in [5.41, 5.74) is 7.07. The molecule has 0 bridgehead atoms. The third kappa shape index (κ3) is 1.30. The Kier molecular flexibility index (Phi) is 1.77. The molecule has 2 atom stereocenters. The van der Waals surface area contributed by atoms with Crippen molar-refractivity contribution >= 4 is 0 Å². The summed E-state index contributed by atoms with van der Waals surface area (Å²) in [6, 6.07) is 8.55. The lowest BCUT2D eigenvalue weighted by Gasteiger charge is -2.01. The van der Waals surface area contributed by atoms with Gasteiger partial charge in [-0.05, 0) is 24.1 Å². The van der Waals surface area contributed by atoms with Gasteiger partial charge in [-0.15, -0.1) is 0 Å². The predicted octanol–water partition coefficient (Wildman–Crippen LogP) is 1.51. The first-order valence-corrected chi connectivity index (χ1v) is 4.21. The topological polar surface area (TPSA) is 35.2 Å². The Balaban J connectivity index is 2.14. The van der Waals surface area contributed by atoms with E-state index in [0.29, 0.717) is 12.0 Å². The van der Waals surface area contributed by atoms with Crippen molar-refractivity contribution in [3.63, 3.8) is 0 Å². The number of hydrogen-bond acceptors (Lipinski definition) is 2. The Morgan fingerprint density at radius 1 is 1.33 bits per heavy atom. The molecule has 0 aliphatic heterocycles. The summed E-state index contributed by atoms with van der Waals surface area (Å²) in [7, 11) is 1.68. The SMILES string of the molecule is COc1ccc(C2C[C@H]2N)cc1. The molecular formula is C10H13NO. The monoisotopic (exact) mass is 163 g/mol. The van der Waals surface area contributed by atoms with Crippen molar-refractivity contribution in [1.82, 2.24) is 0 Å². The third-order valence-corrected chi connectivity index (χ3v) is 2.38. The summed E-state index contributed by atoms with van der Waals surface area (Å²) in [6.07, 6.45) is 1.13. The summed E-state index contributed by atoms with van der Waals surface area (Å²) in [5, 5.41) is 0. The van der Waals surface area contributed by atoms with Gasteiger partial charge in [-0.3, -0.25) is 0 Å². The van der Waals surface area contributed by atoms with Crippen LogP contribution in [-0.4, -0.2) is 13.2 Å². The molecule has 1 aliphatic rings. The van der Waals surface area contributed by atoms with E-state index in [2.05, 4.69) is 12.1 Å². The summed E-state index contributed by atoms with van der Waals surface area (Å²) >= 11 is 0. The molecule has 0 radical (unpaired) electrons. The first-order chi connectivity index (χ1) is 5.81. The van der Waals surface area contributed by atoms with E-state index in [9.17, 15) is 0 Å². The summed E-state index contributed by atoms with van der Waals surface area (Å²) in [4.78, 5) is 0. The van der Waals surface area contributed by atoms with Crippen LogP contribution in [0.25, 0.3) is 0 Å². The van der Waals surface area contributed by atoms with E-state index >= 15 is 0 Å². The van der Waals surface area contributed by atoms with Gasteiger partial charge in [-0.25, -0.2) is 0 Å². The maximum atomic E-state index is 5.74. The molecule has 2 nitrogen and oxygen atoms in total. The van der Waals surface area contributed by atoms with Crippen molar-refractivity contribution in [2.75, 3.05) is 7.11 Å². The normalized spacial score (nSPS) is 26.8. The van der Waals surface area contributed by atoms with Crippen LogP contribution in [0.3, 0.4) is 0 Å². The molecule has 0 saturated heterocycles. The molecule has 1 fully saturated rings. The molecule has 0 spiro atoms. The minimum absolute atomic E-state index is 0.387. The minimum atomic E-state index is 0.387. The molecular weight excluding hydrogens is 150 g/mol. The van der Waals surface area contributed by atoms with E-state index < -0.39 is 0 Å². The molecule has 1 aliphatic carbocycles. The zero-order valence-corrected chi connectivity index (χ0v) is 7.16. The van der Waals surface area contributed by atoms with Gasteiger partial charge >= 0.3 is 0 Å². The minimum Gasteiger partial charge on any atom is -0.497 e. The highest BCUT2D eigenvalue weighted by Crippen LogP contribution is 2.39. The molecule has 0 aromatic heterocycles.